The molecule has 112 valence electrons. The Labute approximate surface area is 118 Å². The van der Waals surface area contributed by atoms with E-state index in [0.29, 0.717) is 13.2 Å². The summed E-state index contributed by atoms with van der Waals surface area (Å²) in [6, 6.07) is 5.84. The average molecular weight is 298 g/mol. The second kappa shape index (κ2) is 5.27. The van der Waals surface area contributed by atoms with Crippen LogP contribution in [0.1, 0.15) is 11.1 Å². The van der Waals surface area contributed by atoms with E-state index >= 15 is 0 Å². The van der Waals surface area contributed by atoms with Crippen molar-refractivity contribution in [3.05, 3.63) is 35.7 Å². The highest BCUT2D eigenvalue weighted by atomic mass is 19.4. The molecule has 1 N–H and O–H groups in total. The number of aromatic nitrogens is 3. The monoisotopic (exact) mass is 298 g/mol. The maximum atomic E-state index is 12.2. The number of alkyl halides is 3. The molecule has 0 radical (unpaired) electrons. The smallest absolute Gasteiger partial charge is 0.408 e. The second-order valence-electron chi connectivity index (χ2n) is 4.74. The van der Waals surface area contributed by atoms with Crippen molar-refractivity contribution in [2.75, 3.05) is 11.9 Å². The summed E-state index contributed by atoms with van der Waals surface area (Å²) < 4.78 is 43.0. The van der Waals surface area contributed by atoms with Gasteiger partial charge in [0.25, 0.3) is 0 Å². The molecule has 2 heterocycles. The summed E-state index contributed by atoms with van der Waals surface area (Å²) in [6.45, 7) is -0.0878. The van der Waals surface area contributed by atoms with Gasteiger partial charge in [0.15, 0.2) is 0 Å². The topological polar surface area (TPSA) is 52.0 Å². The number of halogens is 3. The van der Waals surface area contributed by atoms with Crippen LogP contribution < -0.4 is 10.1 Å². The summed E-state index contributed by atoms with van der Waals surface area (Å²) in [7, 11) is 0. The fourth-order valence-corrected chi connectivity index (χ4v) is 2.23. The first kappa shape index (κ1) is 13.7. The van der Waals surface area contributed by atoms with Gasteiger partial charge in [0.05, 0.1) is 6.61 Å². The van der Waals surface area contributed by atoms with Crippen LogP contribution in [0.3, 0.4) is 0 Å². The van der Waals surface area contributed by atoms with Crippen molar-refractivity contribution in [1.82, 2.24) is 14.8 Å². The Kier molecular flexibility index (Phi) is 3.44. The van der Waals surface area contributed by atoms with Crippen LogP contribution in [0.2, 0.25) is 0 Å². The maximum absolute atomic E-state index is 12.2. The highest BCUT2D eigenvalue weighted by Crippen LogP contribution is 2.29. The Morgan fingerprint density at radius 2 is 2.19 bits per heavy atom. The summed E-state index contributed by atoms with van der Waals surface area (Å²) in [5, 5.41) is 6.64. The van der Waals surface area contributed by atoms with E-state index in [9.17, 15) is 13.2 Å². The molecule has 5 nitrogen and oxygen atoms in total. The number of fused-ring (bicyclic) bond motifs is 1. The van der Waals surface area contributed by atoms with E-state index in [1.54, 1.807) is 0 Å². The van der Waals surface area contributed by atoms with E-state index in [1.807, 2.05) is 18.2 Å². The predicted octanol–water partition coefficient (Wildman–Crippen LogP) is 2.39. The number of ether oxygens (including phenoxy) is 1. The summed E-state index contributed by atoms with van der Waals surface area (Å²) in [5.74, 6) is 1.01. The molecule has 2 aromatic rings. The molecule has 0 saturated carbocycles. The molecule has 0 spiro atoms. The molecule has 3 rings (SSSR count). The van der Waals surface area contributed by atoms with Crippen LogP contribution in [0.5, 0.6) is 5.75 Å². The average Bonchev–Trinajstić information content (AvgIpc) is 3.03. The van der Waals surface area contributed by atoms with Gasteiger partial charge >= 0.3 is 6.18 Å². The molecular formula is C13H13F3N4O. The summed E-state index contributed by atoms with van der Waals surface area (Å²) >= 11 is 0. The fourth-order valence-electron chi connectivity index (χ4n) is 2.23. The zero-order valence-corrected chi connectivity index (χ0v) is 11.0. The molecule has 0 fully saturated rings. The molecule has 0 atom stereocenters. The number of hydrogen-bond acceptors (Lipinski definition) is 4. The van der Waals surface area contributed by atoms with Crippen LogP contribution in [-0.2, 0) is 19.5 Å². The van der Waals surface area contributed by atoms with E-state index in [-0.39, 0.29) is 5.95 Å². The normalized spacial score (nSPS) is 13.9. The standard InChI is InChI=1S/C13H13F3N4O/c14-13(15,16)7-20-8-18-12(19-20)17-6-10-3-1-2-9-4-5-21-11(9)10/h1-3,8H,4-7H2,(H,17,19). The lowest BCUT2D eigenvalue weighted by atomic mass is 10.1. The molecule has 0 aliphatic carbocycles. The number of benzene rings is 1. The third-order valence-electron chi connectivity index (χ3n) is 3.11. The minimum atomic E-state index is -4.31. The van der Waals surface area contributed by atoms with Gasteiger partial charge in [0, 0.05) is 18.5 Å². The van der Waals surface area contributed by atoms with Gasteiger partial charge in [0.1, 0.15) is 18.6 Å². The van der Waals surface area contributed by atoms with Crippen molar-refractivity contribution in [2.24, 2.45) is 0 Å². The lowest BCUT2D eigenvalue weighted by molar-refractivity contribution is -0.142. The van der Waals surface area contributed by atoms with Crippen LogP contribution in [0, 0.1) is 0 Å². The molecule has 0 bridgehead atoms. The van der Waals surface area contributed by atoms with Crippen molar-refractivity contribution in [1.29, 1.82) is 0 Å². The van der Waals surface area contributed by atoms with Gasteiger partial charge < -0.3 is 10.1 Å². The predicted molar refractivity (Wildman–Crippen MR) is 69.0 cm³/mol. The Morgan fingerprint density at radius 3 is 3.00 bits per heavy atom. The Balaban J connectivity index is 1.65. The number of nitrogens with one attached hydrogen (secondary N) is 1. The Hall–Kier alpha value is -2.25. The second-order valence-corrected chi connectivity index (χ2v) is 4.74. The van der Waals surface area contributed by atoms with Crippen LogP contribution in [0.25, 0.3) is 0 Å². The van der Waals surface area contributed by atoms with Gasteiger partial charge in [0.2, 0.25) is 5.95 Å². The first-order valence-corrected chi connectivity index (χ1v) is 6.45. The maximum Gasteiger partial charge on any atom is 0.408 e. The minimum absolute atomic E-state index is 0.162. The van der Waals surface area contributed by atoms with Crippen molar-refractivity contribution < 1.29 is 17.9 Å². The van der Waals surface area contributed by atoms with Gasteiger partial charge in [-0.2, -0.15) is 13.2 Å². The number of rotatable bonds is 4. The zero-order valence-electron chi connectivity index (χ0n) is 11.0. The number of hydrogen-bond donors (Lipinski definition) is 1. The van der Waals surface area contributed by atoms with Crippen LogP contribution >= 0.6 is 0 Å². The first-order chi connectivity index (χ1) is 10.0. The SMILES string of the molecule is FC(F)(F)Cn1cnc(NCc2cccc3c2OCC3)n1. The molecule has 1 aromatic carbocycles. The lowest BCUT2D eigenvalue weighted by Gasteiger charge is -2.08. The number of para-hydroxylation sites is 1. The Morgan fingerprint density at radius 1 is 1.33 bits per heavy atom. The molecular weight excluding hydrogens is 285 g/mol. The summed E-state index contributed by atoms with van der Waals surface area (Å²) in [6.07, 6.45) is -2.37. The zero-order chi connectivity index (χ0) is 14.9. The van der Waals surface area contributed by atoms with E-state index in [4.69, 9.17) is 4.74 Å². The minimum Gasteiger partial charge on any atom is -0.493 e. The van der Waals surface area contributed by atoms with Crippen molar-refractivity contribution in [3.8, 4) is 5.75 Å². The summed E-state index contributed by atoms with van der Waals surface area (Å²) in [4.78, 5) is 3.81. The van der Waals surface area contributed by atoms with E-state index in [0.717, 1.165) is 34.3 Å². The van der Waals surface area contributed by atoms with Crippen molar-refractivity contribution >= 4 is 5.95 Å². The van der Waals surface area contributed by atoms with Gasteiger partial charge in [-0.05, 0) is 5.56 Å². The van der Waals surface area contributed by atoms with Gasteiger partial charge in [-0.25, -0.2) is 9.67 Å². The molecule has 0 amide bonds. The fraction of sp³-hybridized carbons (Fsp3) is 0.385. The van der Waals surface area contributed by atoms with Crippen molar-refractivity contribution in [2.45, 2.75) is 25.7 Å². The Bertz CT molecular complexity index is 639. The van der Waals surface area contributed by atoms with Gasteiger partial charge in [-0.3, -0.25) is 0 Å². The molecule has 0 saturated heterocycles. The van der Waals surface area contributed by atoms with Crippen molar-refractivity contribution in [3.63, 3.8) is 0 Å². The highest BCUT2D eigenvalue weighted by Gasteiger charge is 2.28. The third-order valence-corrected chi connectivity index (χ3v) is 3.11. The van der Waals surface area contributed by atoms with E-state index < -0.39 is 12.7 Å². The molecule has 1 aliphatic heterocycles. The van der Waals surface area contributed by atoms with E-state index in [1.165, 1.54) is 0 Å². The molecule has 0 unspecified atom stereocenters. The number of nitrogens with zero attached hydrogens (tertiary/aromatic N) is 3. The molecule has 21 heavy (non-hydrogen) atoms. The molecule has 8 heteroatoms. The third kappa shape index (κ3) is 3.26. The van der Waals surface area contributed by atoms with Crippen LogP contribution in [0.15, 0.2) is 24.5 Å². The number of anilines is 1. The summed E-state index contributed by atoms with van der Waals surface area (Å²) in [5.41, 5.74) is 2.09. The van der Waals surface area contributed by atoms with E-state index in [2.05, 4.69) is 15.4 Å². The molecule has 1 aromatic heterocycles. The highest BCUT2D eigenvalue weighted by molar-refractivity contribution is 5.45. The quantitative estimate of drug-likeness (QED) is 0.941. The molecule has 1 aliphatic rings. The van der Waals surface area contributed by atoms with Crippen LogP contribution in [-0.4, -0.2) is 27.5 Å². The van der Waals surface area contributed by atoms with Gasteiger partial charge in [-0.15, -0.1) is 5.10 Å². The first-order valence-electron chi connectivity index (χ1n) is 6.45. The largest absolute Gasteiger partial charge is 0.493 e. The van der Waals surface area contributed by atoms with Gasteiger partial charge in [-0.1, -0.05) is 18.2 Å². The lowest BCUT2D eigenvalue weighted by Crippen LogP contribution is -2.18. The van der Waals surface area contributed by atoms with Crippen LogP contribution in [0.4, 0.5) is 19.1 Å².